The number of thioether (sulfide) groups is 1. The van der Waals surface area contributed by atoms with E-state index >= 15 is 0 Å². The van der Waals surface area contributed by atoms with Crippen molar-refractivity contribution in [1.82, 2.24) is 0 Å². The Morgan fingerprint density at radius 2 is 2.06 bits per heavy atom. The maximum Gasteiger partial charge on any atom is 0.306 e. The third-order valence-electron chi connectivity index (χ3n) is 3.32. The van der Waals surface area contributed by atoms with Gasteiger partial charge in [-0.2, -0.15) is 11.8 Å². The molecule has 0 saturated carbocycles. The highest BCUT2D eigenvalue weighted by atomic mass is 32.2. The molecule has 0 aliphatic carbocycles. The highest BCUT2D eigenvalue weighted by Crippen LogP contribution is 2.36. The number of unbranched alkanes of at least 4 members (excludes halogenated alkanes) is 2. The van der Waals surface area contributed by atoms with E-state index in [1.165, 1.54) is 0 Å². The van der Waals surface area contributed by atoms with Crippen molar-refractivity contribution in [3.8, 4) is 0 Å². The van der Waals surface area contributed by atoms with E-state index in [0.29, 0.717) is 25.2 Å². The summed E-state index contributed by atoms with van der Waals surface area (Å²) >= 11 is 1.75. The summed E-state index contributed by atoms with van der Waals surface area (Å²) in [6, 6.07) is 0. The molecule has 0 N–H and O–H groups in total. The number of carbonyl (C=O) groups is 2. The van der Waals surface area contributed by atoms with Crippen LogP contribution in [-0.2, 0) is 14.3 Å². The highest BCUT2D eigenvalue weighted by molar-refractivity contribution is 8.00. The third-order valence-corrected chi connectivity index (χ3v) is 4.72. The minimum absolute atomic E-state index is 0.0799. The van der Waals surface area contributed by atoms with Crippen molar-refractivity contribution in [2.45, 2.75) is 57.6 Å². The number of hydrogen-bond acceptors (Lipinski definition) is 4. The van der Waals surface area contributed by atoms with E-state index in [2.05, 4.69) is 6.92 Å². The lowest BCUT2D eigenvalue weighted by Crippen LogP contribution is -2.25. The van der Waals surface area contributed by atoms with Crippen LogP contribution < -0.4 is 0 Å². The van der Waals surface area contributed by atoms with Crippen LogP contribution in [0.2, 0.25) is 0 Å². The molecule has 3 nitrogen and oxygen atoms in total. The van der Waals surface area contributed by atoms with Gasteiger partial charge in [0.05, 0.1) is 13.0 Å². The van der Waals surface area contributed by atoms with Gasteiger partial charge in [0.25, 0.3) is 0 Å². The topological polar surface area (TPSA) is 43.4 Å². The van der Waals surface area contributed by atoms with Crippen molar-refractivity contribution in [2.24, 2.45) is 5.92 Å². The number of ketones is 1. The number of rotatable bonds is 8. The smallest absolute Gasteiger partial charge is 0.306 e. The molecular weight excluding hydrogens is 248 g/mol. The normalized spacial score (nSPS) is 23.0. The molecule has 18 heavy (non-hydrogen) atoms. The summed E-state index contributed by atoms with van der Waals surface area (Å²) in [5.74, 6) is 1.26. The van der Waals surface area contributed by atoms with Crippen LogP contribution in [-0.4, -0.2) is 29.4 Å². The fraction of sp³-hybridized carbons (Fsp3) is 0.857. The lowest BCUT2D eigenvalue weighted by molar-refractivity contribution is -0.143. The predicted molar refractivity (Wildman–Crippen MR) is 74.8 cm³/mol. The van der Waals surface area contributed by atoms with E-state index < -0.39 is 0 Å². The first kappa shape index (κ1) is 15.5. The van der Waals surface area contributed by atoms with Gasteiger partial charge in [-0.3, -0.25) is 9.59 Å². The summed E-state index contributed by atoms with van der Waals surface area (Å²) < 4.78 is 4.97. The summed E-state index contributed by atoms with van der Waals surface area (Å²) in [6.45, 7) is 4.37. The summed E-state index contributed by atoms with van der Waals surface area (Å²) in [5, 5.41) is 0.151. The molecule has 1 saturated heterocycles. The van der Waals surface area contributed by atoms with Gasteiger partial charge in [0, 0.05) is 17.6 Å². The second kappa shape index (κ2) is 8.57. The molecule has 0 bridgehead atoms. The zero-order valence-electron chi connectivity index (χ0n) is 11.4. The van der Waals surface area contributed by atoms with Crippen molar-refractivity contribution in [2.75, 3.05) is 12.4 Å². The Morgan fingerprint density at radius 3 is 2.72 bits per heavy atom. The summed E-state index contributed by atoms with van der Waals surface area (Å²) in [6.07, 6.45) is 5.25. The van der Waals surface area contributed by atoms with Crippen molar-refractivity contribution in [3.05, 3.63) is 0 Å². The second-order valence-corrected chi connectivity index (χ2v) is 6.08. The van der Waals surface area contributed by atoms with Crippen LogP contribution in [0.15, 0.2) is 0 Å². The highest BCUT2D eigenvalue weighted by Gasteiger charge is 2.34. The minimum Gasteiger partial charge on any atom is -0.466 e. The minimum atomic E-state index is -0.164. The van der Waals surface area contributed by atoms with E-state index in [-0.39, 0.29) is 17.1 Å². The maximum atomic E-state index is 12.1. The van der Waals surface area contributed by atoms with Gasteiger partial charge in [-0.1, -0.05) is 19.8 Å². The van der Waals surface area contributed by atoms with Gasteiger partial charge in [-0.15, -0.1) is 0 Å². The molecule has 1 rings (SSSR count). The number of hydrogen-bond donors (Lipinski definition) is 0. The first-order valence-electron chi connectivity index (χ1n) is 6.99. The lowest BCUT2D eigenvalue weighted by atomic mass is 9.92. The van der Waals surface area contributed by atoms with Crippen LogP contribution in [0.5, 0.6) is 0 Å². The standard InChI is InChI=1S/C14H24O3S/c1-3-5-6-7-12(15)11-8-9-18-13(11)10-14(16)17-4-2/h11,13H,3-10H2,1-2H3/t11-,13-/m0/s1. The van der Waals surface area contributed by atoms with Gasteiger partial charge in [-0.05, 0) is 25.5 Å². The molecule has 4 heteroatoms. The Balaban J connectivity index is 2.38. The quantitative estimate of drug-likeness (QED) is 0.502. The molecule has 1 fully saturated rings. The number of esters is 1. The first-order valence-corrected chi connectivity index (χ1v) is 8.03. The first-order chi connectivity index (χ1) is 8.69. The summed E-state index contributed by atoms with van der Waals surface area (Å²) in [4.78, 5) is 23.6. The molecular formula is C14H24O3S. The van der Waals surface area contributed by atoms with Gasteiger partial charge in [0.2, 0.25) is 0 Å². The van der Waals surface area contributed by atoms with Gasteiger partial charge < -0.3 is 4.74 Å². The molecule has 0 aromatic rings. The van der Waals surface area contributed by atoms with E-state index in [1.54, 1.807) is 11.8 Å². The maximum absolute atomic E-state index is 12.1. The monoisotopic (exact) mass is 272 g/mol. The third kappa shape index (κ3) is 5.01. The molecule has 1 heterocycles. The molecule has 1 aliphatic heterocycles. The average Bonchev–Trinajstić information content (AvgIpc) is 2.77. The zero-order chi connectivity index (χ0) is 13.4. The fourth-order valence-electron chi connectivity index (χ4n) is 2.34. The lowest BCUT2D eigenvalue weighted by Gasteiger charge is -2.16. The van der Waals surface area contributed by atoms with E-state index in [4.69, 9.17) is 4.74 Å². The number of Topliss-reactive ketones (excluding diaryl/α,β-unsaturated/α-hetero) is 1. The van der Waals surface area contributed by atoms with Crippen molar-refractivity contribution >= 4 is 23.5 Å². The molecule has 0 unspecified atom stereocenters. The summed E-state index contributed by atoms with van der Waals surface area (Å²) in [5.41, 5.74) is 0. The van der Waals surface area contributed by atoms with Crippen molar-refractivity contribution in [1.29, 1.82) is 0 Å². The van der Waals surface area contributed by atoms with Gasteiger partial charge >= 0.3 is 5.97 Å². The van der Waals surface area contributed by atoms with Crippen LogP contribution in [0.3, 0.4) is 0 Å². The van der Waals surface area contributed by atoms with E-state index in [0.717, 1.165) is 31.4 Å². The van der Waals surface area contributed by atoms with Crippen LogP contribution in [0.25, 0.3) is 0 Å². The Kier molecular flexibility index (Phi) is 7.40. The number of carbonyl (C=O) groups excluding carboxylic acids is 2. The molecule has 1 aliphatic rings. The molecule has 0 radical (unpaired) electrons. The molecule has 0 aromatic heterocycles. The number of ether oxygens (including phenoxy) is 1. The van der Waals surface area contributed by atoms with Crippen molar-refractivity contribution in [3.63, 3.8) is 0 Å². The van der Waals surface area contributed by atoms with Crippen LogP contribution in [0, 0.1) is 5.92 Å². The van der Waals surface area contributed by atoms with Gasteiger partial charge in [0.1, 0.15) is 5.78 Å². The van der Waals surface area contributed by atoms with Gasteiger partial charge in [-0.25, -0.2) is 0 Å². The fourth-order valence-corrected chi connectivity index (χ4v) is 3.80. The predicted octanol–water partition coefficient (Wildman–Crippen LogP) is 3.21. The SMILES string of the molecule is CCCCCC(=O)[C@@H]1CCS[C@H]1CC(=O)OCC. The van der Waals surface area contributed by atoms with Gasteiger partial charge in [0.15, 0.2) is 0 Å². The van der Waals surface area contributed by atoms with E-state index in [1.807, 2.05) is 6.92 Å². The van der Waals surface area contributed by atoms with E-state index in [9.17, 15) is 9.59 Å². The van der Waals surface area contributed by atoms with Crippen molar-refractivity contribution < 1.29 is 14.3 Å². The van der Waals surface area contributed by atoms with Crippen LogP contribution >= 0.6 is 11.8 Å². The molecule has 0 spiro atoms. The Hall–Kier alpha value is -0.510. The summed E-state index contributed by atoms with van der Waals surface area (Å²) in [7, 11) is 0. The zero-order valence-corrected chi connectivity index (χ0v) is 12.3. The average molecular weight is 272 g/mol. The van der Waals surface area contributed by atoms with Crippen LogP contribution in [0.4, 0.5) is 0 Å². The molecule has 2 atom stereocenters. The Bertz CT molecular complexity index is 278. The molecule has 104 valence electrons. The molecule has 0 aromatic carbocycles. The largest absolute Gasteiger partial charge is 0.466 e. The molecule has 0 amide bonds. The Labute approximate surface area is 114 Å². The second-order valence-electron chi connectivity index (χ2n) is 4.74. The van der Waals surface area contributed by atoms with Crippen LogP contribution in [0.1, 0.15) is 52.4 Å². The Morgan fingerprint density at radius 1 is 1.28 bits per heavy atom.